The van der Waals surface area contributed by atoms with Crippen LogP contribution in [0.2, 0.25) is 5.02 Å². The van der Waals surface area contributed by atoms with E-state index in [1.807, 2.05) is 6.07 Å². The molecule has 0 unspecified atom stereocenters. The van der Waals surface area contributed by atoms with Gasteiger partial charge >= 0.3 is 6.03 Å². The van der Waals surface area contributed by atoms with Crippen LogP contribution in [0.25, 0.3) is 16.6 Å². The van der Waals surface area contributed by atoms with E-state index in [0.29, 0.717) is 12.1 Å². The molecule has 0 bridgehead atoms. The number of nitrogens with zero attached hydrogens (tertiary/aromatic N) is 5. The van der Waals surface area contributed by atoms with Gasteiger partial charge in [-0.1, -0.05) is 17.7 Å². The van der Waals surface area contributed by atoms with Crippen molar-refractivity contribution in [2.24, 2.45) is 0 Å². The molecule has 0 radical (unpaired) electrons. The number of nitrogens with one attached hydrogen (secondary N) is 3. The van der Waals surface area contributed by atoms with E-state index in [1.54, 1.807) is 32.0 Å². The molecule has 2 aromatic heterocycles. The van der Waals surface area contributed by atoms with Crippen molar-refractivity contribution in [2.75, 3.05) is 22.9 Å². The Morgan fingerprint density at radius 2 is 2.08 bits per heavy atom. The maximum atomic E-state index is 14.5. The Morgan fingerprint density at radius 3 is 2.81 bits per heavy atom. The first-order chi connectivity index (χ1) is 17.7. The zero-order chi connectivity index (χ0) is 26.7. The lowest BCUT2D eigenvalue weighted by Crippen LogP contribution is -2.29. The highest BCUT2D eigenvalue weighted by molar-refractivity contribution is 6.35. The molecule has 5 N–H and O–H groups in total. The summed E-state index contributed by atoms with van der Waals surface area (Å²) in [4.78, 5) is 38.3. The lowest BCUT2D eigenvalue weighted by molar-refractivity contribution is 0.252. The summed E-state index contributed by atoms with van der Waals surface area (Å²) in [7, 11) is 0. The van der Waals surface area contributed by atoms with Gasteiger partial charge in [0.05, 0.1) is 33.3 Å². The molecule has 2 heterocycles. The molecule has 0 saturated heterocycles. The second-order valence-corrected chi connectivity index (χ2v) is 8.26. The van der Waals surface area contributed by atoms with Crippen LogP contribution in [0.15, 0.2) is 47.5 Å². The minimum Gasteiger partial charge on any atom is -0.382 e. The molecule has 0 spiro atoms. The number of fused-ring (bicyclic) bond motifs is 1. The highest BCUT2D eigenvalue weighted by atomic mass is 35.5. The highest BCUT2D eigenvalue weighted by Crippen LogP contribution is 2.27. The molecule has 4 rings (SSSR count). The topological polar surface area (TPSA) is 164 Å². The normalized spacial score (nSPS) is 11.5. The van der Waals surface area contributed by atoms with Crippen molar-refractivity contribution in [2.45, 2.75) is 19.9 Å². The number of benzene rings is 2. The average molecular weight is 522 g/mol. The van der Waals surface area contributed by atoms with E-state index >= 15 is 0 Å². The fourth-order valence-corrected chi connectivity index (χ4v) is 3.96. The number of hydrogen-bond acceptors (Lipinski definition) is 8. The van der Waals surface area contributed by atoms with E-state index in [2.05, 4.69) is 30.9 Å². The Balaban J connectivity index is 1.91. The fraction of sp³-hybridized carbons (Fsp3) is 0.167. The van der Waals surface area contributed by atoms with E-state index < -0.39 is 23.4 Å². The maximum Gasteiger partial charge on any atom is 0.319 e. The van der Waals surface area contributed by atoms with E-state index in [-0.39, 0.29) is 44.8 Å². The van der Waals surface area contributed by atoms with E-state index in [4.69, 9.17) is 17.3 Å². The number of rotatable bonds is 6. The highest BCUT2D eigenvalue weighted by Gasteiger charge is 2.22. The van der Waals surface area contributed by atoms with Crippen LogP contribution in [0.5, 0.6) is 0 Å². The van der Waals surface area contributed by atoms with Gasteiger partial charge in [-0.2, -0.15) is 5.26 Å². The first-order valence-corrected chi connectivity index (χ1v) is 11.5. The number of urea groups is 1. The monoisotopic (exact) mass is 521 g/mol. The summed E-state index contributed by atoms with van der Waals surface area (Å²) >= 11 is 6.34. The molecule has 0 aliphatic heterocycles. The second kappa shape index (κ2) is 10.5. The summed E-state index contributed by atoms with van der Waals surface area (Å²) < 4.78 is 15.8. The summed E-state index contributed by atoms with van der Waals surface area (Å²) in [6, 6.07) is 9.32. The Hall–Kier alpha value is -4.76. The number of nitrogen functional groups attached to an aromatic ring is 1. The summed E-state index contributed by atoms with van der Waals surface area (Å²) in [5, 5.41) is 17.8. The molecule has 0 saturated carbocycles. The van der Waals surface area contributed by atoms with Crippen molar-refractivity contribution in [1.82, 2.24) is 24.8 Å². The third-order valence-corrected chi connectivity index (χ3v) is 5.71. The second-order valence-electron chi connectivity index (χ2n) is 7.85. The smallest absolute Gasteiger partial charge is 0.319 e. The van der Waals surface area contributed by atoms with Crippen LogP contribution < -0.4 is 27.2 Å². The number of halogens is 2. The quantitative estimate of drug-likeness (QED) is 0.298. The predicted octanol–water partition coefficient (Wildman–Crippen LogP) is 3.74. The van der Waals surface area contributed by atoms with Crippen LogP contribution in [-0.4, -0.2) is 32.1 Å². The van der Waals surface area contributed by atoms with Gasteiger partial charge in [0.25, 0.3) is 5.56 Å². The van der Waals surface area contributed by atoms with E-state index in [1.165, 1.54) is 23.0 Å². The first-order valence-electron chi connectivity index (χ1n) is 11.1. The molecule has 2 amide bonds. The molecule has 4 aromatic rings. The van der Waals surface area contributed by atoms with E-state index in [0.717, 1.165) is 6.07 Å². The Kier molecular flexibility index (Phi) is 7.17. The van der Waals surface area contributed by atoms with Crippen molar-refractivity contribution in [3.05, 3.63) is 75.3 Å². The minimum atomic E-state index is -0.706. The predicted molar refractivity (Wildman–Crippen MR) is 138 cm³/mol. The minimum absolute atomic E-state index is 0.0116. The number of amides is 2. The van der Waals surface area contributed by atoms with Gasteiger partial charge in [-0.25, -0.2) is 24.1 Å². The molecular formula is C24H21ClFN9O2. The number of carbonyl (C=O) groups is 1. The number of carbonyl (C=O) groups excluding carboxylic acids is 1. The van der Waals surface area contributed by atoms with Gasteiger partial charge in [0, 0.05) is 6.54 Å². The van der Waals surface area contributed by atoms with Crippen LogP contribution in [-0.2, 0) is 0 Å². The molecule has 2 aromatic carbocycles. The van der Waals surface area contributed by atoms with Gasteiger partial charge in [-0.3, -0.25) is 9.36 Å². The third kappa shape index (κ3) is 4.98. The maximum absolute atomic E-state index is 14.5. The van der Waals surface area contributed by atoms with Gasteiger partial charge in [0.1, 0.15) is 41.2 Å². The van der Waals surface area contributed by atoms with Crippen molar-refractivity contribution in [3.8, 4) is 11.8 Å². The molecular weight excluding hydrogens is 501 g/mol. The van der Waals surface area contributed by atoms with Crippen LogP contribution in [0.1, 0.15) is 31.3 Å². The van der Waals surface area contributed by atoms with Crippen molar-refractivity contribution in [1.29, 1.82) is 5.26 Å². The summed E-state index contributed by atoms with van der Waals surface area (Å²) in [5.74, 6) is -0.358. The van der Waals surface area contributed by atoms with E-state index in [9.17, 15) is 19.2 Å². The zero-order valence-electron chi connectivity index (χ0n) is 19.7. The zero-order valence-corrected chi connectivity index (χ0v) is 20.5. The molecule has 11 nitrogen and oxygen atoms in total. The molecule has 0 fully saturated rings. The fourth-order valence-electron chi connectivity index (χ4n) is 3.71. The van der Waals surface area contributed by atoms with Crippen molar-refractivity contribution in [3.63, 3.8) is 0 Å². The lowest BCUT2D eigenvalue weighted by Gasteiger charge is -2.21. The first kappa shape index (κ1) is 25.3. The third-order valence-electron chi connectivity index (χ3n) is 5.40. The van der Waals surface area contributed by atoms with Crippen LogP contribution >= 0.6 is 11.6 Å². The van der Waals surface area contributed by atoms with Gasteiger partial charge in [-0.05, 0) is 44.2 Å². The van der Waals surface area contributed by atoms with Crippen molar-refractivity contribution < 1.29 is 9.18 Å². The summed E-state index contributed by atoms with van der Waals surface area (Å²) in [5.41, 5.74) is 5.73. The number of nitrogens with two attached hydrogens (primary N) is 1. The molecule has 13 heteroatoms. The van der Waals surface area contributed by atoms with Crippen molar-refractivity contribution >= 4 is 45.9 Å². The molecule has 0 aliphatic carbocycles. The van der Waals surface area contributed by atoms with Crippen LogP contribution in [0.4, 0.5) is 26.5 Å². The lowest BCUT2D eigenvalue weighted by atomic mass is 10.2. The number of anilines is 3. The van der Waals surface area contributed by atoms with Gasteiger partial charge < -0.3 is 21.7 Å². The largest absolute Gasteiger partial charge is 0.382 e. The van der Waals surface area contributed by atoms with Crippen LogP contribution in [0, 0.1) is 17.1 Å². The molecule has 37 heavy (non-hydrogen) atoms. The number of hydrogen-bond donors (Lipinski definition) is 4. The Bertz CT molecular complexity index is 1620. The van der Waals surface area contributed by atoms with Gasteiger partial charge in [0.15, 0.2) is 0 Å². The summed E-state index contributed by atoms with van der Waals surface area (Å²) in [6.45, 7) is 3.76. The molecule has 188 valence electrons. The molecule has 1 atom stereocenters. The molecule has 0 aliphatic rings. The average Bonchev–Trinajstić information content (AvgIpc) is 2.85. The standard InChI is InChI=1S/C24H21ClFN9O2/c1-3-29-24(37)34-18-9-13(7-8-16(18)26)35-22(33-17-6-4-5-15(25)19(17)23(35)36)12(2)32-21-14(10-27)20(28)30-11-31-21/h4-9,11-12H,3H2,1-2H3,(H2,29,34,37)(H3,28,30,31,32)/t12-/m0/s1. The number of nitriles is 1. The Morgan fingerprint density at radius 1 is 1.30 bits per heavy atom. The van der Waals surface area contributed by atoms with Gasteiger partial charge in [0.2, 0.25) is 0 Å². The Labute approximate surface area is 215 Å². The van der Waals surface area contributed by atoms with Crippen LogP contribution in [0.3, 0.4) is 0 Å². The number of aromatic nitrogens is 4. The SMILES string of the molecule is CCNC(=O)Nc1cc(-n2c([C@H](C)Nc3ncnc(N)c3C#N)nc3cccc(Cl)c3c2=O)ccc1F. The summed E-state index contributed by atoms with van der Waals surface area (Å²) in [6.07, 6.45) is 1.20. The van der Waals surface area contributed by atoms with Gasteiger partial charge in [-0.15, -0.1) is 0 Å².